The molecule has 0 N–H and O–H groups in total. The largest absolute Gasteiger partial charge is 0.465 e. The number of rotatable bonds is 20. The summed E-state index contributed by atoms with van der Waals surface area (Å²) in [4.78, 5) is 12.0. The SMILES string of the molecule is CCOC(=O)C(I)C(I)C(I)C(I)CCCCCCCCCCCCCCCI. The van der Waals surface area contributed by atoms with Crippen molar-refractivity contribution in [3.8, 4) is 0 Å². The standard InChI is InChI=1S/C22H39I5O2/c1-2-29-22(28)21(27)20(26)19(25)18(24)16-14-12-10-8-6-4-3-5-7-9-11-13-15-17-23/h18-21H,2-17H2,1H3. The van der Waals surface area contributed by atoms with Gasteiger partial charge in [-0.25, -0.2) is 0 Å². The third kappa shape index (κ3) is 18.2. The van der Waals surface area contributed by atoms with Crippen molar-refractivity contribution in [1.29, 1.82) is 0 Å². The Morgan fingerprint density at radius 1 is 0.690 bits per heavy atom. The maximum absolute atomic E-state index is 12.0. The van der Waals surface area contributed by atoms with E-state index in [1.54, 1.807) is 0 Å². The number of halogens is 5. The summed E-state index contributed by atoms with van der Waals surface area (Å²) in [6.45, 7) is 2.35. The Morgan fingerprint density at radius 3 is 1.52 bits per heavy atom. The molecule has 174 valence electrons. The fourth-order valence-corrected chi connectivity index (χ4v) is 8.46. The second kappa shape index (κ2) is 22.9. The summed E-state index contributed by atoms with van der Waals surface area (Å²) in [6, 6.07) is 0. The maximum Gasteiger partial charge on any atom is 0.320 e. The van der Waals surface area contributed by atoms with Crippen LogP contribution in [0.25, 0.3) is 0 Å². The van der Waals surface area contributed by atoms with Crippen molar-refractivity contribution in [2.24, 2.45) is 0 Å². The number of alkyl halides is 5. The van der Waals surface area contributed by atoms with Crippen molar-refractivity contribution in [2.75, 3.05) is 11.0 Å². The van der Waals surface area contributed by atoms with E-state index in [1.807, 2.05) is 6.92 Å². The molecule has 0 spiro atoms. The molecule has 0 radical (unpaired) electrons. The summed E-state index contributed by atoms with van der Waals surface area (Å²) >= 11 is 12.3. The van der Waals surface area contributed by atoms with Gasteiger partial charge in [-0.3, -0.25) is 4.79 Å². The Kier molecular flexibility index (Phi) is 25.4. The number of hydrogen-bond acceptors (Lipinski definition) is 2. The van der Waals surface area contributed by atoms with Crippen molar-refractivity contribution < 1.29 is 9.53 Å². The van der Waals surface area contributed by atoms with Gasteiger partial charge in [0.15, 0.2) is 0 Å². The topological polar surface area (TPSA) is 26.3 Å². The van der Waals surface area contributed by atoms with Crippen LogP contribution in [0.15, 0.2) is 0 Å². The van der Waals surface area contributed by atoms with Crippen LogP contribution >= 0.6 is 113 Å². The average molecular weight is 970 g/mol. The third-order valence-electron chi connectivity index (χ3n) is 5.05. The molecule has 0 amide bonds. The van der Waals surface area contributed by atoms with Gasteiger partial charge in [0, 0.05) is 11.8 Å². The Hall–Kier alpha value is 3.12. The smallest absolute Gasteiger partial charge is 0.320 e. The first kappa shape index (κ1) is 32.1. The van der Waals surface area contributed by atoms with Gasteiger partial charge in [-0.2, -0.15) is 0 Å². The minimum atomic E-state index is -0.0611. The van der Waals surface area contributed by atoms with Gasteiger partial charge in [0.1, 0.15) is 3.92 Å². The second-order valence-corrected chi connectivity index (χ2v) is 14.5. The molecule has 0 saturated heterocycles. The first-order valence-corrected chi connectivity index (χ1v) is 17.7. The fourth-order valence-electron chi connectivity index (χ4n) is 3.25. The molecule has 29 heavy (non-hydrogen) atoms. The highest BCUT2D eigenvalue weighted by Gasteiger charge is 2.33. The van der Waals surface area contributed by atoms with Crippen molar-refractivity contribution in [3.05, 3.63) is 0 Å². The third-order valence-corrected chi connectivity index (χ3v) is 15.8. The highest BCUT2D eigenvalue weighted by atomic mass is 127. The normalized spacial score (nSPS) is 15.7. The van der Waals surface area contributed by atoms with Crippen LogP contribution in [0.2, 0.25) is 0 Å². The average Bonchev–Trinajstić information content (AvgIpc) is 2.72. The minimum absolute atomic E-state index is 0.0525. The fraction of sp³-hybridized carbons (Fsp3) is 0.955. The molecule has 0 aromatic carbocycles. The van der Waals surface area contributed by atoms with Crippen molar-refractivity contribution in [1.82, 2.24) is 0 Å². The van der Waals surface area contributed by atoms with Gasteiger partial charge in [0.05, 0.1) is 6.61 Å². The van der Waals surface area contributed by atoms with Gasteiger partial charge in [-0.15, -0.1) is 0 Å². The van der Waals surface area contributed by atoms with Crippen LogP contribution in [0.1, 0.15) is 96.8 Å². The maximum atomic E-state index is 12.0. The Morgan fingerprint density at radius 2 is 1.10 bits per heavy atom. The molecule has 0 rings (SSSR count). The number of carbonyl (C=O) groups is 1. The lowest BCUT2D eigenvalue weighted by Gasteiger charge is -2.25. The summed E-state index contributed by atoms with van der Waals surface area (Å²) in [5.41, 5.74) is 0. The highest BCUT2D eigenvalue weighted by Crippen LogP contribution is 2.33. The molecule has 0 aromatic rings. The van der Waals surface area contributed by atoms with E-state index in [2.05, 4.69) is 113 Å². The minimum Gasteiger partial charge on any atom is -0.465 e. The second-order valence-electron chi connectivity index (χ2n) is 7.63. The van der Waals surface area contributed by atoms with E-state index in [1.165, 1.54) is 94.3 Å². The molecule has 0 bridgehead atoms. The van der Waals surface area contributed by atoms with Crippen LogP contribution in [0.4, 0.5) is 0 Å². The predicted molar refractivity (Wildman–Crippen MR) is 171 cm³/mol. The quantitative estimate of drug-likeness (QED) is 0.0527. The van der Waals surface area contributed by atoms with Crippen molar-refractivity contribution in [3.63, 3.8) is 0 Å². The summed E-state index contributed by atoms with van der Waals surface area (Å²) < 4.78 is 7.90. The van der Waals surface area contributed by atoms with Gasteiger partial charge in [-0.05, 0) is 24.2 Å². The molecule has 0 heterocycles. The number of hydrogen-bond donors (Lipinski definition) is 0. The van der Waals surface area contributed by atoms with Crippen LogP contribution in [0.3, 0.4) is 0 Å². The number of unbranched alkanes of at least 4 members (excludes halogenated alkanes) is 12. The van der Waals surface area contributed by atoms with Crippen LogP contribution in [0.5, 0.6) is 0 Å². The van der Waals surface area contributed by atoms with Gasteiger partial charge >= 0.3 is 5.97 Å². The number of ether oxygens (including phenoxy) is 1. The molecule has 2 nitrogen and oxygen atoms in total. The van der Waals surface area contributed by atoms with Gasteiger partial charge in [0.25, 0.3) is 0 Å². The predicted octanol–water partition coefficient (Wildman–Crippen LogP) is 9.66. The molecule has 7 heteroatoms. The summed E-state index contributed by atoms with van der Waals surface area (Å²) in [7, 11) is 0. The van der Waals surface area contributed by atoms with E-state index >= 15 is 0 Å². The molecule has 0 aliphatic heterocycles. The number of carbonyl (C=O) groups excluding carboxylic acids is 1. The van der Waals surface area contributed by atoms with Crippen LogP contribution in [0, 0.1) is 0 Å². The summed E-state index contributed by atoms with van der Waals surface area (Å²) in [6.07, 6.45) is 19.6. The van der Waals surface area contributed by atoms with E-state index in [9.17, 15) is 4.79 Å². The molecule has 4 atom stereocenters. The molecule has 0 fully saturated rings. The molecule has 0 aliphatic carbocycles. The first-order chi connectivity index (χ1) is 14.0. The van der Waals surface area contributed by atoms with Gasteiger partial charge in [-0.1, -0.05) is 190 Å². The van der Waals surface area contributed by atoms with Crippen LogP contribution < -0.4 is 0 Å². The monoisotopic (exact) mass is 970 g/mol. The van der Waals surface area contributed by atoms with Gasteiger partial charge in [0.2, 0.25) is 0 Å². The lowest BCUT2D eigenvalue weighted by atomic mass is 10.0. The van der Waals surface area contributed by atoms with E-state index < -0.39 is 0 Å². The van der Waals surface area contributed by atoms with E-state index in [4.69, 9.17) is 4.74 Å². The van der Waals surface area contributed by atoms with Crippen LogP contribution in [-0.2, 0) is 9.53 Å². The summed E-state index contributed by atoms with van der Waals surface area (Å²) in [5, 5.41) is 0. The summed E-state index contributed by atoms with van der Waals surface area (Å²) in [5.74, 6) is -0.0611. The molecule has 0 aliphatic rings. The Bertz CT molecular complexity index is 384. The molecule has 4 unspecified atom stereocenters. The van der Waals surface area contributed by atoms with E-state index in [-0.39, 0.29) is 9.89 Å². The zero-order valence-electron chi connectivity index (χ0n) is 17.8. The zero-order valence-corrected chi connectivity index (χ0v) is 28.6. The zero-order chi connectivity index (χ0) is 21.9. The lowest BCUT2D eigenvalue weighted by molar-refractivity contribution is -0.141. The van der Waals surface area contributed by atoms with Gasteiger partial charge < -0.3 is 4.74 Å². The Balaban J connectivity index is 3.59. The molecule has 0 saturated carbocycles. The highest BCUT2D eigenvalue weighted by molar-refractivity contribution is 14.1. The molecular weight excluding hydrogens is 931 g/mol. The van der Waals surface area contributed by atoms with Crippen molar-refractivity contribution >= 4 is 119 Å². The van der Waals surface area contributed by atoms with Crippen LogP contribution in [-0.4, -0.2) is 32.7 Å². The lowest BCUT2D eigenvalue weighted by Crippen LogP contribution is -2.36. The number of esters is 1. The van der Waals surface area contributed by atoms with E-state index in [0.717, 1.165) is 0 Å². The first-order valence-electron chi connectivity index (χ1n) is 11.2. The van der Waals surface area contributed by atoms with E-state index in [0.29, 0.717) is 18.4 Å². The Labute approximate surface area is 248 Å². The van der Waals surface area contributed by atoms with Crippen molar-refractivity contribution in [2.45, 2.75) is 113 Å². The molecule has 0 aromatic heterocycles. The molecular formula is C22H39I5O2.